The summed E-state index contributed by atoms with van der Waals surface area (Å²) in [5.74, 6) is -0.776. The molecule has 0 aliphatic carbocycles. The van der Waals surface area contributed by atoms with Crippen LogP contribution in [0.1, 0.15) is 26.3 Å². The fourth-order valence-electron chi connectivity index (χ4n) is 4.44. The van der Waals surface area contributed by atoms with Gasteiger partial charge >= 0.3 is 17.7 Å². The summed E-state index contributed by atoms with van der Waals surface area (Å²) < 4.78 is 16.5. The molecule has 0 aliphatic heterocycles. The number of aromatic amines is 1. The molecule has 0 aliphatic rings. The van der Waals surface area contributed by atoms with E-state index in [1.807, 2.05) is 54.6 Å². The number of halogens is 1. The van der Waals surface area contributed by atoms with Gasteiger partial charge in [-0.1, -0.05) is 60.1 Å². The van der Waals surface area contributed by atoms with Gasteiger partial charge in [0.25, 0.3) is 0 Å². The van der Waals surface area contributed by atoms with E-state index < -0.39 is 29.3 Å². The quantitative estimate of drug-likeness (QED) is 0.137. The molecule has 2 aromatic heterocycles. The Hall–Kier alpha value is -4.56. The number of ether oxygens (including phenoxy) is 2. The van der Waals surface area contributed by atoms with Gasteiger partial charge in [-0.25, -0.2) is 14.4 Å². The van der Waals surface area contributed by atoms with Crippen molar-refractivity contribution in [2.45, 2.75) is 38.8 Å². The number of nitrogens with one attached hydrogen (secondary N) is 2. The predicted octanol–water partition coefficient (Wildman–Crippen LogP) is 6.64. The monoisotopic (exact) mass is 558 g/mol. The topological polar surface area (TPSA) is 111 Å². The maximum atomic E-state index is 13.5. The summed E-state index contributed by atoms with van der Waals surface area (Å²) in [6.07, 6.45) is 1.14. The van der Waals surface area contributed by atoms with Gasteiger partial charge in [-0.2, -0.15) is 0 Å². The van der Waals surface area contributed by atoms with Gasteiger partial charge in [0.15, 0.2) is 5.75 Å². The van der Waals surface area contributed by atoms with Crippen molar-refractivity contribution in [2.75, 3.05) is 0 Å². The molecule has 0 saturated heterocycles. The lowest BCUT2D eigenvalue weighted by Gasteiger charge is -2.23. The average molecular weight is 559 g/mol. The van der Waals surface area contributed by atoms with Gasteiger partial charge in [-0.05, 0) is 49.6 Å². The second-order valence-corrected chi connectivity index (χ2v) is 10.7. The molecule has 0 bridgehead atoms. The zero-order chi connectivity index (χ0) is 28.4. The molecule has 5 aromatic rings. The van der Waals surface area contributed by atoms with Crippen LogP contribution in [0.3, 0.4) is 0 Å². The first-order chi connectivity index (χ1) is 19.1. The third-order valence-corrected chi connectivity index (χ3v) is 6.46. The Labute approximate surface area is 234 Å². The Balaban J connectivity index is 1.47. The van der Waals surface area contributed by atoms with Gasteiger partial charge in [-0.3, -0.25) is 0 Å². The van der Waals surface area contributed by atoms with Crippen LogP contribution in [0.25, 0.3) is 33.0 Å². The first kappa shape index (κ1) is 27.0. The van der Waals surface area contributed by atoms with E-state index in [1.54, 1.807) is 33.0 Å². The van der Waals surface area contributed by atoms with Crippen molar-refractivity contribution in [3.8, 4) is 16.9 Å². The second-order valence-electron chi connectivity index (χ2n) is 10.3. The summed E-state index contributed by atoms with van der Waals surface area (Å²) in [6, 6.07) is 20.2. The molecule has 40 heavy (non-hydrogen) atoms. The highest BCUT2D eigenvalue weighted by molar-refractivity contribution is 6.33. The highest BCUT2D eigenvalue weighted by atomic mass is 35.5. The first-order valence-electron chi connectivity index (χ1n) is 12.7. The fraction of sp³-hybridized carbons (Fsp3) is 0.194. The number of carbonyl (C=O) groups excluding carboxylic acids is 2. The van der Waals surface area contributed by atoms with Gasteiger partial charge < -0.3 is 24.2 Å². The highest BCUT2D eigenvalue weighted by Gasteiger charge is 2.28. The van der Waals surface area contributed by atoms with Crippen LogP contribution >= 0.6 is 11.6 Å². The Bertz CT molecular complexity index is 1770. The van der Waals surface area contributed by atoms with Crippen LogP contribution in [-0.4, -0.2) is 28.7 Å². The molecule has 1 atom stereocenters. The summed E-state index contributed by atoms with van der Waals surface area (Å²) >= 11 is 6.55. The second kappa shape index (κ2) is 10.9. The Kier molecular flexibility index (Phi) is 7.36. The maximum absolute atomic E-state index is 13.5. The van der Waals surface area contributed by atoms with Crippen LogP contribution in [0.4, 0.5) is 4.79 Å². The van der Waals surface area contributed by atoms with Crippen molar-refractivity contribution in [1.29, 1.82) is 0 Å². The lowest BCUT2D eigenvalue weighted by Crippen LogP contribution is -2.46. The highest BCUT2D eigenvalue weighted by Crippen LogP contribution is 2.35. The number of H-pyrrole nitrogens is 1. The maximum Gasteiger partial charge on any atom is 0.408 e. The van der Waals surface area contributed by atoms with E-state index in [2.05, 4.69) is 10.3 Å². The predicted molar refractivity (Wildman–Crippen MR) is 154 cm³/mol. The summed E-state index contributed by atoms with van der Waals surface area (Å²) in [5, 5.41) is 4.25. The van der Waals surface area contributed by atoms with E-state index in [9.17, 15) is 14.4 Å². The number of amides is 1. The minimum absolute atomic E-state index is 0.0116. The summed E-state index contributed by atoms with van der Waals surface area (Å²) in [6.45, 7) is 5.18. The van der Waals surface area contributed by atoms with Crippen molar-refractivity contribution in [3.05, 3.63) is 100.0 Å². The number of aromatic nitrogens is 1. The van der Waals surface area contributed by atoms with Crippen LogP contribution in [0.5, 0.6) is 5.75 Å². The Morgan fingerprint density at radius 2 is 1.73 bits per heavy atom. The van der Waals surface area contributed by atoms with Crippen LogP contribution in [0, 0.1) is 0 Å². The number of hydrogen-bond acceptors (Lipinski definition) is 6. The molecule has 2 N–H and O–H groups in total. The Morgan fingerprint density at radius 1 is 1.00 bits per heavy atom. The molecular formula is C31H27ClN2O6. The summed E-state index contributed by atoms with van der Waals surface area (Å²) in [4.78, 5) is 41.6. The van der Waals surface area contributed by atoms with Crippen molar-refractivity contribution in [2.24, 2.45) is 0 Å². The molecule has 204 valence electrons. The number of alkyl carbamates (subject to hydrolysis) is 1. The lowest BCUT2D eigenvalue weighted by molar-refractivity contribution is -0.136. The Morgan fingerprint density at radius 3 is 2.48 bits per heavy atom. The molecule has 3 aromatic carbocycles. The van der Waals surface area contributed by atoms with E-state index in [0.717, 1.165) is 22.0 Å². The molecule has 2 heterocycles. The number of esters is 1. The molecule has 0 spiro atoms. The molecular weight excluding hydrogens is 532 g/mol. The first-order valence-corrected chi connectivity index (χ1v) is 13.0. The van der Waals surface area contributed by atoms with Crippen molar-refractivity contribution >= 4 is 45.5 Å². The van der Waals surface area contributed by atoms with E-state index in [-0.39, 0.29) is 22.8 Å². The molecule has 0 saturated carbocycles. The average Bonchev–Trinajstić information content (AvgIpc) is 3.31. The molecule has 1 amide bonds. The summed E-state index contributed by atoms with van der Waals surface area (Å²) in [5.41, 5.74) is 2.01. The van der Waals surface area contributed by atoms with E-state index in [4.69, 9.17) is 25.5 Å². The van der Waals surface area contributed by atoms with E-state index in [0.29, 0.717) is 10.9 Å². The molecule has 9 heteroatoms. The third-order valence-electron chi connectivity index (χ3n) is 6.17. The number of benzene rings is 3. The summed E-state index contributed by atoms with van der Waals surface area (Å²) in [7, 11) is 0. The van der Waals surface area contributed by atoms with Crippen molar-refractivity contribution < 1.29 is 23.5 Å². The van der Waals surface area contributed by atoms with Crippen LogP contribution in [0.2, 0.25) is 5.02 Å². The number of para-hydroxylation sites is 1. The standard InChI is InChI=1S/C31H27ClN2O6/c1-31(2,3)40-30(37)34-25(13-19-17-33-24-12-8-7-11-20(19)24)29(36)39-27-16-26-22(14-23(27)32)21(15-28(35)38-26)18-9-5-4-6-10-18/h4-12,14-17,25,33H,13H2,1-3H3,(H,34,37)/t25-/m0/s1. The molecule has 8 nitrogen and oxygen atoms in total. The molecule has 0 fully saturated rings. The number of rotatable bonds is 6. The largest absolute Gasteiger partial charge is 0.444 e. The third kappa shape index (κ3) is 6.02. The van der Waals surface area contributed by atoms with Gasteiger partial charge in [-0.15, -0.1) is 0 Å². The minimum Gasteiger partial charge on any atom is -0.444 e. The molecule has 0 radical (unpaired) electrons. The normalized spacial score (nSPS) is 12.3. The van der Waals surface area contributed by atoms with Gasteiger partial charge in [0.1, 0.15) is 17.2 Å². The van der Waals surface area contributed by atoms with E-state index >= 15 is 0 Å². The van der Waals surface area contributed by atoms with Crippen molar-refractivity contribution in [1.82, 2.24) is 10.3 Å². The number of fused-ring (bicyclic) bond motifs is 2. The van der Waals surface area contributed by atoms with E-state index in [1.165, 1.54) is 12.1 Å². The van der Waals surface area contributed by atoms with Crippen molar-refractivity contribution in [3.63, 3.8) is 0 Å². The number of hydrogen-bond donors (Lipinski definition) is 2. The van der Waals surface area contributed by atoms with Crippen LogP contribution in [0.15, 0.2) is 88.2 Å². The molecule has 5 rings (SSSR count). The van der Waals surface area contributed by atoms with Gasteiger partial charge in [0.2, 0.25) is 0 Å². The SMILES string of the molecule is CC(C)(C)OC(=O)N[C@@H](Cc1c[nH]c2ccccc12)C(=O)Oc1cc2oc(=O)cc(-c3ccccc3)c2cc1Cl. The zero-order valence-corrected chi connectivity index (χ0v) is 22.9. The molecule has 0 unspecified atom stereocenters. The zero-order valence-electron chi connectivity index (χ0n) is 22.1. The number of carbonyl (C=O) groups is 2. The van der Waals surface area contributed by atoms with Gasteiger partial charge in [0.05, 0.1) is 5.02 Å². The van der Waals surface area contributed by atoms with Crippen LogP contribution < -0.4 is 15.7 Å². The van der Waals surface area contributed by atoms with Crippen LogP contribution in [-0.2, 0) is 16.0 Å². The minimum atomic E-state index is -1.11. The van der Waals surface area contributed by atoms with Gasteiger partial charge in [0, 0.05) is 41.0 Å². The smallest absolute Gasteiger partial charge is 0.408 e. The fourth-order valence-corrected chi connectivity index (χ4v) is 4.64. The lowest BCUT2D eigenvalue weighted by atomic mass is 10.0.